The molecule has 0 saturated carbocycles. The van der Waals surface area contributed by atoms with Gasteiger partial charge in [-0.3, -0.25) is 4.52 Å². The minimum absolute atomic E-state index is 0. The van der Waals surface area contributed by atoms with E-state index in [0.29, 0.717) is 0 Å². The summed E-state index contributed by atoms with van der Waals surface area (Å²) in [6.45, 7) is 1.86. The van der Waals surface area contributed by atoms with Crippen molar-refractivity contribution < 1.29 is 24.0 Å². The van der Waals surface area contributed by atoms with Gasteiger partial charge in [-0.15, -0.1) is 12.4 Å². The van der Waals surface area contributed by atoms with Gasteiger partial charge in [0.15, 0.2) is 0 Å². The fraction of sp³-hybridized carbons (Fsp3) is 0.889. The van der Waals surface area contributed by atoms with E-state index in [0.717, 1.165) is 12.8 Å². The van der Waals surface area contributed by atoms with Gasteiger partial charge in [-0.1, -0.05) is 83.3 Å². The summed E-state index contributed by atoms with van der Waals surface area (Å²) in [4.78, 5) is 17.2. The van der Waals surface area contributed by atoms with Gasteiger partial charge in [-0.05, 0) is 12.8 Å². The predicted molar refractivity (Wildman–Crippen MR) is 109 cm³/mol. The topological polar surface area (TPSA) is 113 Å². The number of hydrogen-bond acceptors (Lipinski definition) is 4. The van der Waals surface area contributed by atoms with Gasteiger partial charge in [-0.2, -0.15) is 0 Å². The normalized spacial score (nSPS) is 14.3. The van der Waals surface area contributed by atoms with Gasteiger partial charge in [0.25, 0.3) is 0 Å². The molecule has 0 heterocycles. The molecule has 0 aliphatic carbocycles. The maximum atomic E-state index is 10.6. The largest absolute Gasteiger partial charge is 0.469 e. The Morgan fingerprint density at radius 1 is 0.962 bits per heavy atom. The zero-order valence-electron chi connectivity index (χ0n) is 16.1. The number of allylic oxidation sites excluding steroid dienone is 1. The Morgan fingerprint density at radius 3 is 1.88 bits per heavy atom. The predicted octanol–water partition coefficient (Wildman–Crippen LogP) is 4.46. The van der Waals surface area contributed by atoms with Crippen molar-refractivity contribution in [3.63, 3.8) is 0 Å². The highest BCUT2D eigenvalue weighted by atomic mass is 35.5. The third-order valence-electron chi connectivity index (χ3n) is 4.18. The van der Waals surface area contributed by atoms with E-state index in [1.165, 1.54) is 64.2 Å². The average Bonchev–Trinajstić information content (AvgIpc) is 2.56. The Hall–Kier alpha value is 0.0600. The van der Waals surface area contributed by atoms with Crippen molar-refractivity contribution in [3.8, 4) is 0 Å². The number of aliphatic hydroxyl groups excluding tert-OH is 1. The lowest BCUT2D eigenvalue weighted by atomic mass is 10.0. The molecule has 0 bridgehead atoms. The summed E-state index contributed by atoms with van der Waals surface area (Å²) in [5.74, 6) is 0. The van der Waals surface area contributed by atoms with Crippen LogP contribution in [0.4, 0.5) is 0 Å². The summed E-state index contributed by atoms with van der Waals surface area (Å²) in [5, 5.41) is 9.75. The Bertz CT molecular complexity index is 379. The van der Waals surface area contributed by atoms with Gasteiger partial charge in [0.1, 0.15) is 0 Å². The monoisotopic (exact) mass is 415 g/mol. The van der Waals surface area contributed by atoms with Gasteiger partial charge >= 0.3 is 7.82 Å². The quantitative estimate of drug-likeness (QED) is 0.158. The van der Waals surface area contributed by atoms with E-state index in [1.54, 1.807) is 6.08 Å². The van der Waals surface area contributed by atoms with Crippen LogP contribution in [-0.2, 0) is 9.09 Å². The van der Waals surface area contributed by atoms with Crippen LogP contribution in [0.5, 0.6) is 0 Å². The zero-order chi connectivity index (χ0) is 19.0. The van der Waals surface area contributed by atoms with E-state index in [4.69, 9.17) is 15.5 Å². The van der Waals surface area contributed by atoms with Gasteiger partial charge in [-0.25, -0.2) is 4.57 Å². The first-order valence-corrected chi connectivity index (χ1v) is 11.2. The second kappa shape index (κ2) is 18.4. The summed E-state index contributed by atoms with van der Waals surface area (Å²) in [7, 11) is -4.53. The third-order valence-corrected chi connectivity index (χ3v) is 4.67. The number of unbranched alkanes of at least 4 members (excludes halogenated alkanes) is 11. The second-order valence-corrected chi connectivity index (χ2v) is 7.93. The summed E-state index contributed by atoms with van der Waals surface area (Å²) >= 11 is 0. The molecule has 0 aromatic carbocycles. The highest BCUT2D eigenvalue weighted by molar-refractivity contribution is 7.46. The number of nitrogens with two attached hydrogens (primary N) is 1. The van der Waals surface area contributed by atoms with Gasteiger partial charge < -0.3 is 20.6 Å². The van der Waals surface area contributed by atoms with Crippen LogP contribution in [0.25, 0.3) is 0 Å². The molecule has 5 N–H and O–H groups in total. The molecule has 0 aliphatic rings. The van der Waals surface area contributed by atoms with Gasteiger partial charge in [0.2, 0.25) is 0 Å². The summed E-state index contributed by atoms with van der Waals surface area (Å²) in [6.07, 6.45) is 17.6. The minimum atomic E-state index is -4.53. The first-order valence-electron chi connectivity index (χ1n) is 9.67. The standard InChI is InChI=1S/C18H38NO5P.ClH/c1-2-3-4-5-6-7-8-9-10-11-12-13-14-15-18(20)17(19)16-24-25(21,22)23;/h14-15,17-18,20H,2-13,16,19H2,1H3,(H2,21,22,23);1H/b15-14+;/t17-,18+;/m0./s1. The maximum Gasteiger partial charge on any atom is 0.469 e. The van der Waals surface area contributed by atoms with Crippen molar-refractivity contribution in [1.29, 1.82) is 0 Å². The molecule has 8 heteroatoms. The van der Waals surface area contributed by atoms with Crippen LogP contribution in [0.15, 0.2) is 12.2 Å². The van der Waals surface area contributed by atoms with Crippen LogP contribution in [0.3, 0.4) is 0 Å². The van der Waals surface area contributed by atoms with Gasteiger partial charge in [0.05, 0.1) is 18.8 Å². The molecule has 0 radical (unpaired) electrons. The first kappa shape index (κ1) is 28.3. The maximum absolute atomic E-state index is 10.6. The molecule has 26 heavy (non-hydrogen) atoms. The van der Waals surface area contributed by atoms with Crippen LogP contribution in [-0.4, -0.2) is 33.6 Å². The summed E-state index contributed by atoms with van der Waals surface area (Å²) in [6, 6.07) is -0.846. The Morgan fingerprint density at radius 2 is 1.42 bits per heavy atom. The van der Waals surface area contributed by atoms with Crippen molar-refractivity contribution in [2.75, 3.05) is 6.61 Å². The fourth-order valence-corrected chi connectivity index (χ4v) is 2.95. The Labute approximate surface area is 165 Å². The molecule has 0 fully saturated rings. The van der Waals surface area contributed by atoms with Crippen LogP contribution < -0.4 is 5.73 Å². The van der Waals surface area contributed by atoms with Crippen LogP contribution in [0.1, 0.15) is 84.0 Å². The molecule has 158 valence electrons. The molecular formula is C18H39ClNO5P. The number of phosphoric ester groups is 1. The molecule has 0 spiro atoms. The van der Waals surface area contributed by atoms with Crippen molar-refractivity contribution >= 4 is 20.2 Å². The van der Waals surface area contributed by atoms with Crippen LogP contribution >= 0.6 is 20.2 Å². The second-order valence-electron chi connectivity index (χ2n) is 6.69. The lowest BCUT2D eigenvalue weighted by Gasteiger charge is -2.15. The van der Waals surface area contributed by atoms with Crippen molar-refractivity contribution in [1.82, 2.24) is 0 Å². The van der Waals surface area contributed by atoms with Gasteiger partial charge in [0, 0.05) is 0 Å². The van der Waals surface area contributed by atoms with E-state index in [-0.39, 0.29) is 19.0 Å². The highest BCUT2D eigenvalue weighted by Gasteiger charge is 2.19. The van der Waals surface area contributed by atoms with Crippen LogP contribution in [0, 0.1) is 0 Å². The minimum Gasteiger partial charge on any atom is -0.387 e. The molecular weight excluding hydrogens is 377 g/mol. The lowest BCUT2D eigenvalue weighted by molar-refractivity contribution is 0.129. The molecule has 0 saturated heterocycles. The molecule has 0 aliphatic heterocycles. The molecule has 6 nitrogen and oxygen atoms in total. The first-order chi connectivity index (χ1) is 11.9. The van der Waals surface area contributed by atoms with Crippen LogP contribution in [0.2, 0.25) is 0 Å². The van der Waals surface area contributed by atoms with Crippen molar-refractivity contribution in [2.45, 2.75) is 96.1 Å². The Balaban J connectivity index is 0. The lowest BCUT2D eigenvalue weighted by Crippen LogP contribution is -2.37. The highest BCUT2D eigenvalue weighted by Crippen LogP contribution is 2.35. The van der Waals surface area contributed by atoms with E-state index in [2.05, 4.69) is 11.4 Å². The van der Waals surface area contributed by atoms with E-state index in [1.807, 2.05) is 6.08 Å². The molecule has 0 aromatic heterocycles. The van der Waals surface area contributed by atoms with Crippen molar-refractivity contribution in [3.05, 3.63) is 12.2 Å². The molecule has 0 amide bonds. The van der Waals surface area contributed by atoms with E-state index in [9.17, 15) is 9.67 Å². The summed E-state index contributed by atoms with van der Waals surface area (Å²) in [5.41, 5.74) is 5.60. The molecule has 0 rings (SSSR count). The molecule has 2 atom stereocenters. The Kier molecular flexibility index (Phi) is 20.0. The smallest absolute Gasteiger partial charge is 0.387 e. The van der Waals surface area contributed by atoms with Crippen molar-refractivity contribution in [2.24, 2.45) is 5.73 Å². The molecule has 0 aromatic rings. The SMILES string of the molecule is CCCCCCCCCCCCC/C=C/[C@@H](O)[C@@H](N)COP(=O)(O)O.Cl. The zero-order valence-corrected chi connectivity index (χ0v) is 17.8. The number of aliphatic hydroxyl groups is 1. The number of rotatable bonds is 17. The number of hydrogen-bond donors (Lipinski definition) is 4. The third kappa shape index (κ3) is 20.4. The summed E-state index contributed by atoms with van der Waals surface area (Å²) < 4.78 is 14.8. The average molecular weight is 416 g/mol. The fourth-order valence-electron chi connectivity index (χ4n) is 2.59. The van der Waals surface area contributed by atoms with E-state index < -0.39 is 20.0 Å². The number of phosphoric acid groups is 1. The van der Waals surface area contributed by atoms with E-state index >= 15 is 0 Å². The number of halogens is 1. The molecule has 0 unspecified atom stereocenters.